The second kappa shape index (κ2) is 7.66. The monoisotopic (exact) mass is 330 g/mol. The first-order valence-corrected chi connectivity index (χ1v) is 7.51. The average molecular weight is 330 g/mol. The molecule has 122 valence electrons. The highest BCUT2D eigenvalue weighted by molar-refractivity contribution is 6.02. The van der Waals surface area contributed by atoms with Crippen molar-refractivity contribution in [1.82, 2.24) is 15.0 Å². The smallest absolute Gasteiger partial charge is 0.275 e. The van der Waals surface area contributed by atoms with E-state index in [1.165, 1.54) is 12.4 Å². The van der Waals surface area contributed by atoms with E-state index in [-0.39, 0.29) is 11.6 Å². The topological polar surface area (TPSA) is 104 Å². The van der Waals surface area contributed by atoms with E-state index in [9.17, 15) is 4.79 Å². The van der Waals surface area contributed by atoms with Gasteiger partial charge in [-0.15, -0.1) is 0 Å². The molecule has 0 bridgehead atoms. The Morgan fingerprint density at radius 1 is 1.04 bits per heavy atom. The van der Waals surface area contributed by atoms with E-state index in [1.54, 1.807) is 36.7 Å². The summed E-state index contributed by atoms with van der Waals surface area (Å²) in [7, 11) is 0. The summed E-state index contributed by atoms with van der Waals surface area (Å²) in [6.45, 7) is 0.591. The van der Waals surface area contributed by atoms with E-state index in [0.717, 1.165) is 5.56 Å². The highest BCUT2D eigenvalue weighted by Gasteiger charge is 2.08. The lowest BCUT2D eigenvalue weighted by molar-refractivity contribution is 0.102. The minimum Gasteiger partial charge on any atom is -0.365 e. The van der Waals surface area contributed by atoms with Crippen LogP contribution in [-0.2, 0) is 6.54 Å². The Labute approximate surface area is 144 Å². The van der Waals surface area contributed by atoms with Crippen LogP contribution in [-0.4, -0.2) is 20.9 Å². The Balaban J connectivity index is 1.59. The van der Waals surface area contributed by atoms with Gasteiger partial charge in [0.1, 0.15) is 11.5 Å². The van der Waals surface area contributed by atoms with E-state index >= 15 is 0 Å². The second-order valence-corrected chi connectivity index (χ2v) is 5.14. The quantitative estimate of drug-likeness (QED) is 0.745. The molecule has 0 aliphatic carbocycles. The molecular formula is C18H14N6O. The molecule has 3 aromatic rings. The number of amides is 1. The van der Waals surface area contributed by atoms with Crippen molar-refractivity contribution in [2.45, 2.75) is 6.54 Å². The van der Waals surface area contributed by atoms with Gasteiger partial charge in [0.05, 0.1) is 24.0 Å². The Kier molecular flexibility index (Phi) is 4.93. The average Bonchev–Trinajstić information content (AvgIpc) is 2.68. The largest absolute Gasteiger partial charge is 0.365 e. The number of pyridine rings is 1. The summed E-state index contributed by atoms with van der Waals surface area (Å²) in [5, 5.41) is 14.6. The molecule has 0 spiro atoms. The maximum Gasteiger partial charge on any atom is 0.275 e. The lowest BCUT2D eigenvalue weighted by Gasteiger charge is -2.07. The van der Waals surface area contributed by atoms with Crippen LogP contribution in [0.1, 0.15) is 21.6 Å². The van der Waals surface area contributed by atoms with E-state index in [4.69, 9.17) is 5.26 Å². The maximum atomic E-state index is 12.2. The van der Waals surface area contributed by atoms with Gasteiger partial charge in [-0.05, 0) is 42.0 Å². The standard InChI is InChI=1S/C18H14N6O/c19-9-13-1-3-15(4-2-13)24-18(25)16-11-23-17(12-21-16)22-10-14-5-7-20-8-6-14/h1-8,11-12H,10H2,(H,22,23)(H,24,25). The van der Waals surface area contributed by atoms with Gasteiger partial charge in [-0.1, -0.05) is 0 Å². The fourth-order valence-electron chi connectivity index (χ4n) is 2.05. The minimum atomic E-state index is -0.363. The lowest BCUT2D eigenvalue weighted by Crippen LogP contribution is -2.14. The molecule has 0 saturated heterocycles. The molecule has 2 N–H and O–H groups in total. The van der Waals surface area contributed by atoms with Gasteiger partial charge in [-0.3, -0.25) is 9.78 Å². The first-order chi connectivity index (χ1) is 12.2. The van der Waals surface area contributed by atoms with Crippen LogP contribution in [0, 0.1) is 11.3 Å². The van der Waals surface area contributed by atoms with Crippen molar-refractivity contribution in [3.63, 3.8) is 0 Å². The van der Waals surface area contributed by atoms with Crippen LogP contribution in [0.15, 0.2) is 61.2 Å². The molecule has 0 aliphatic heterocycles. The van der Waals surface area contributed by atoms with Crippen LogP contribution >= 0.6 is 0 Å². The molecule has 0 unspecified atom stereocenters. The maximum absolute atomic E-state index is 12.2. The molecule has 0 saturated carbocycles. The molecule has 0 fully saturated rings. The number of carbonyl (C=O) groups is 1. The Morgan fingerprint density at radius 2 is 1.80 bits per heavy atom. The molecule has 1 amide bonds. The predicted octanol–water partition coefficient (Wildman–Crippen LogP) is 2.61. The molecule has 0 aliphatic rings. The Hall–Kier alpha value is -3.79. The fraction of sp³-hybridized carbons (Fsp3) is 0.0556. The molecule has 1 aromatic carbocycles. The zero-order valence-corrected chi connectivity index (χ0v) is 13.2. The number of nitriles is 1. The number of hydrogen-bond acceptors (Lipinski definition) is 6. The predicted molar refractivity (Wildman–Crippen MR) is 92.7 cm³/mol. The first kappa shape index (κ1) is 16.1. The fourth-order valence-corrected chi connectivity index (χ4v) is 2.05. The molecule has 0 atom stereocenters. The van der Waals surface area contributed by atoms with Crippen molar-refractivity contribution in [2.24, 2.45) is 0 Å². The molecule has 3 rings (SSSR count). The van der Waals surface area contributed by atoms with Gasteiger partial charge in [0.15, 0.2) is 0 Å². The van der Waals surface area contributed by atoms with E-state index in [2.05, 4.69) is 25.6 Å². The third-order valence-electron chi connectivity index (χ3n) is 3.38. The van der Waals surface area contributed by atoms with Gasteiger partial charge < -0.3 is 10.6 Å². The summed E-state index contributed by atoms with van der Waals surface area (Å²) in [5.41, 5.74) is 2.39. The first-order valence-electron chi connectivity index (χ1n) is 7.51. The van der Waals surface area contributed by atoms with Gasteiger partial charge >= 0.3 is 0 Å². The molecular weight excluding hydrogens is 316 g/mol. The molecule has 0 radical (unpaired) electrons. The SMILES string of the molecule is N#Cc1ccc(NC(=O)c2cnc(NCc3ccncc3)cn2)cc1. The zero-order valence-electron chi connectivity index (χ0n) is 13.2. The second-order valence-electron chi connectivity index (χ2n) is 5.14. The van der Waals surface area contributed by atoms with Gasteiger partial charge in [-0.2, -0.15) is 5.26 Å². The zero-order chi connectivity index (χ0) is 17.5. The van der Waals surface area contributed by atoms with Crippen molar-refractivity contribution in [3.05, 3.63) is 78.0 Å². The number of benzene rings is 1. The molecule has 7 heteroatoms. The molecule has 2 aromatic heterocycles. The van der Waals surface area contributed by atoms with Crippen LogP contribution in [0.2, 0.25) is 0 Å². The van der Waals surface area contributed by atoms with Crippen LogP contribution in [0.25, 0.3) is 0 Å². The summed E-state index contributed by atoms with van der Waals surface area (Å²) in [6.07, 6.45) is 6.36. The van der Waals surface area contributed by atoms with Crippen molar-refractivity contribution in [2.75, 3.05) is 10.6 Å². The van der Waals surface area contributed by atoms with Crippen LogP contribution in [0.4, 0.5) is 11.5 Å². The van der Waals surface area contributed by atoms with Crippen LogP contribution in [0.3, 0.4) is 0 Å². The summed E-state index contributed by atoms with van der Waals surface area (Å²) >= 11 is 0. The van der Waals surface area contributed by atoms with E-state index in [0.29, 0.717) is 23.6 Å². The van der Waals surface area contributed by atoms with Crippen molar-refractivity contribution < 1.29 is 4.79 Å². The van der Waals surface area contributed by atoms with Crippen molar-refractivity contribution in [1.29, 1.82) is 5.26 Å². The summed E-state index contributed by atoms with van der Waals surface area (Å²) in [5.74, 6) is 0.213. The van der Waals surface area contributed by atoms with Crippen molar-refractivity contribution >= 4 is 17.4 Å². The molecule has 2 heterocycles. The third-order valence-corrected chi connectivity index (χ3v) is 3.38. The number of nitrogens with one attached hydrogen (secondary N) is 2. The molecule has 7 nitrogen and oxygen atoms in total. The number of carbonyl (C=O) groups excluding carboxylic acids is 1. The highest BCUT2D eigenvalue weighted by Crippen LogP contribution is 2.11. The van der Waals surface area contributed by atoms with Crippen molar-refractivity contribution in [3.8, 4) is 6.07 Å². The van der Waals surface area contributed by atoms with Gasteiger partial charge in [0, 0.05) is 24.6 Å². The Morgan fingerprint density at radius 3 is 2.44 bits per heavy atom. The summed E-state index contributed by atoms with van der Waals surface area (Å²) in [4.78, 5) is 24.4. The molecule has 25 heavy (non-hydrogen) atoms. The van der Waals surface area contributed by atoms with Crippen LogP contribution < -0.4 is 10.6 Å². The number of hydrogen-bond donors (Lipinski definition) is 2. The Bertz CT molecular complexity index is 886. The minimum absolute atomic E-state index is 0.207. The highest BCUT2D eigenvalue weighted by atomic mass is 16.1. The number of anilines is 2. The van der Waals surface area contributed by atoms with E-state index in [1.807, 2.05) is 18.2 Å². The lowest BCUT2D eigenvalue weighted by atomic mass is 10.2. The van der Waals surface area contributed by atoms with Crippen LogP contribution in [0.5, 0.6) is 0 Å². The summed E-state index contributed by atoms with van der Waals surface area (Å²) in [6, 6.07) is 12.4. The van der Waals surface area contributed by atoms with Gasteiger partial charge in [-0.25, -0.2) is 9.97 Å². The van der Waals surface area contributed by atoms with E-state index < -0.39 is 0 Å². The number of nitrogens with zero attached hydrogens (tertiary/aromatic N) is 4. The normalized spacial score (nSPS) is 9.88. The number of rotatable bonds is 5. The number of aromatic nitrogens is 3. The summed E-state index contributed by atoms with van der Waals surface area (Å²) < 4.78 is 0. The third kappa shape index (κ3) is 4.36. The van der Waals surface area contributed by atoms with Gasteiger partial charge in [0.25, 0.3) is 5.91 Å². The van der Waals surface area contributed by atoms with Gasteiger partial charge in [0.2, 0.25) is 0 Å².